The van der Waals surface area contributed by atoms with Crippen LogP contribution in [0.3, 0.4) is 0 Å². The first-order valence-electron chi connectivity index (χ1n) is 8.57. The highest BCUT2D eigenvalue weighted by Gasteiger charge is 2.51. The summed E-state index contributed by atoms with van der Waals surface area (Å²) >= 11 is 0. The molecular formula is C17H22N6O2. The van der Waals surface area contributed by atoms with E-state index in [2.05, 4.69) is 38.9 Å². The molecule has 2 aliphatic rings. The minimum atomic E-state index is -0.258. The van der Waals surface area contributed by atoms with E-state index in [1.54, 1.807) is 6.07 Å². The van der Waals surface area contributed by atoms with Gasteiger partial charge in [-0.3, -0.25) is 4.79 Å². The van der Waals surface area contributed by atoms with E-state index in [0.717, 1.165) is 5.82 Å². The third-order valence-electron chi connectivity index (χ3n) is 4.93. The lowest BCUT2D eigenvalue weighted by molar-refractivity contribution is -0.0236. The molecule has 0 radical (unpaired) electrons. The predicted molar refractivity (Wildman–Crippen MR) is 90.8 cm³/mol. The van der Waals surface area contributed by atoms with Crippen molar-refractivity contribution in [2.24, 2.45) is 5.41 Å². The molecule has 0 bridgehead atoms. The SMILES string of the molecule is CC1(C)CN(C(=O)NCc2ccc(=O)[nH]n2)C1c1nccn1C1CC1. The van der Waals surface area contributed by atoms with Gasteiger partial charge >= 0.3 is 6.03 Å². The van der Waals surface area contributed by atoms with Gasteiger partial charge in [0.05, 0.1) is 18.3 Å². The standard InChI is InChI=1S/C17H22N6O2/c1-17(2)10-23(14(17)15-18-7-8-22(15)12-4-5-12)16(25)19-9-11-3-6-13(24)21-20-11/h3,6-8,12,14H,4-5,9-10H2,1-2H3,(H,19,25)(H,21,24). The fraction of sp³-hybridized carbons (Fsp3) is 0.529. The zero-order chi connectivity index (χ0) is 17.6. The number of nitrogens with zero attached hydrogens (tertiary/aromatic N) is 4. The number of carbonyl (C=O) groups excluding carboxylic acids is 1. The Kier molecular flexibility index (Phi) is 3.63. The maximum absolute atomic E-state index is 12.6. The molecule has 2 aromatic heterocycles. The number of imidazole rings is 1. The molecule has 25 heavy (non-hydrogen) atoms. The Hall–Kier alpha value is -2.64. The number of urea groups is 1. The molecule has 2 aromatic rings. The van der Waals surface area contributed by atoms with Crippen molar-refractivity contribution < 1.29 is 4.79 Å². The minimum absolute atomic E-state index is 0.00837. The molecule has 1 unspecified atom stereocenters. The normalized spacial score (nSPS) is 21.7. The molecule has 1 aliphatic heterocycles. The molecule has 1 atom stereocenters. The second kappa shape index (κ2) is 5.72. The van der Waals surface area contributed by atoms with E-state index in [4.69, 9.17) is 0 Å². The number of likely N-dealkylation sites (tertiary alicyclic amines) is 1. The Morgan fingerprint density at radius 2 is 2.20 bits per heavy atom. The van der Waals surface area contributed by atoms with Gasteiger partial charge in [-0.1, -0.05) is 13.8 Å². The summed E-state index contributed by atoms with van der Waals surface area (Å²) in [7, 11) is 0. The first-order chi connectivity index (χ1) is 12.0. The number of carbonyl (C=O) groups is 1. The lowest BCUT2D eigenvalue weighted by Gasteiger charge is -2.53. The molecule has 1 aliphatic carbocycles. The summed E-state index contributed by atoms with van der Waals surface area (Å²) in [5.74, 6) is 0.969. The molecule has 1 saturated heterocycles. The number of hydrogen-bond acceptors (Lipinski definition) is 4. The number of H-pyrrole nitrogens is 1. The molecule has 2 N–H and O–H groups in total. The van der Waals surface area contributed by atoms with Crippen LogP contribution in [0.5, 0.6) is 0 Å². The second-order valence-corrected chi connectivity index (χ2v) is 7.51. The van der Waals surface area contributed by atoms with Crippen LogP contribution < -0.4 is 10.9 Å². The summed E-state index contributed by atoms with van der Waals surface area (Å²) < 4.78 is 2.22. The van der Waals surface area contributed by atoms with Gasteiger partial charge in [0.1, 0.15) is 5.82 Å². The van der Waals surface area contributed by atoms with Crippen molar-refractivity contribution >= 4 is 6.03 Å². The van der Waals surface area contributed by atoms with Crippen molar-refractivity contribution in [2.45, 2.75) is 45.3 Å². The molecule has 2 fully saturated rings. The number of nitrogens with one attached hydrogen (secondary N) is 2. The smallest absolute Gasteiger partial charge is 0.318 e. The average molecular weight is 342 g/mol. The van der Waals surface area contributed by atoms with Crippen LogP contribution >= 0.6 is 0 Å². The van der Waals surface area contributed by atoms with Crippen LogP contribution in [0.25, 0.3) is 0 Å². The molecule has 4 rings (SSSR count). The van der Waals surface area contributed by atoms with Crippen LogP contribution in [0.4, 0.5) is 4.79 Å². The lowest BCUT2D eigenvalue weighted by atomic mass is 9.74. The van der Waals surface area contributed by atoms with Gasteiger partial charge in [-0.25, -0.2) is 14.9 Å². The maximum atomic E-state index is 12.6. The Morgan fingerprint density at radius 3 is 2.84 bits per heavy atom. The van der Waals surface area contributed by atoms with Crippen LogP contribution in [0, 0.1) is 5.41 Å². The summed E-state index contributed by atoms with van der Waals surface area (Å²) in [5, 5.41) is 9.16. The topological polar surface area (TPSA) is 95.9 Å². The number of aromatic amines is 1. The summed E-state index contributed by atoms with van der Waals surface area (Å²) in [5.41, 5.74) is 0.348. The summed E-state index contributed by atoms with van der Waals surface area (Å²) in [4.78, 5) is 30.0. The van der Waals surface area contributed by atoms with Crippen LogP contribution in [0.2, 0.25) is 0 Å². The van der Waals surface area contributed by atoms with Gasteiger partial charge in [0.2, 0.25) is 0 Å². The fourth-order valence-electron chi connectivity index (χ4n) is 3.54. The molecule has 1 saturated carbocycles. The lowest BCUT2D eigenvalue weighted by Crippen LogP contribution is -2.60. The Labute approximate surface area is 145 Å². The molecule has 2 amide bonds. The molecule has 0 aromatic carbocycles. The molecule has 8 heteroatoms. The zero-order valence-corrected chi connectivity index (χ0v) is 14.4. The van der Waals surface area contributed by atoms with E-state index in [0.29, 0.717) is 18.3 Å². The average Bonchev–Trinajstić information content (AvgIpc) is 3.31. The van der Waals surface area contributed by atoms with E-state index >= 15 is 0 Å². The molecular weight excluding hydrogens is 320 g/mol. The van der Waals surface area contributed by atoms with Crippen molar-refractivity contribution in [1.82, 2.24) is 30.0 Å². The van der Waals surface area contributed by atoms with E-state index < -0.39 is 0 Å². The Morgan fingerprint density at radius 1 is 1.40 bits per heavy atom. The second-order valence-electron chi connectivity index (χ2n) is 7.51. The van der Waals surface area contributed by atoms with Crippen LogP contribution in [-0.2, 0) is 6.54 Å². The molecule has 8 nitrogen and oxygen atoms in total. The van der Waals surface area contributed by atoms with Gasteiger partial charge in [0, 0.05) is 36.5 Å². The summed E-state index contributed by atoms with van der Waals surface area (Å²) in [6.45, 7) is 5.28. The molecule has 132 valence electrons. The first kappa shape index (κ1) is 15.9. The highest BCUT2D eigenvalue weighted by Crippen LogP contribution is 2.49. The van der Waals surface area contributed by atoms with Gasteiger partial charge in [-0.2, -0.15) is 5.10 Å². The Bertz CT molecular complexity index is 830. The molecule has 3 heterocycles. The van der Waals surface area contributed by atoms with Crippen molar-refractivity contribution in [3.05, 3.63) is 46.4 Å². The third-order valence-corrected chi connectivity index (χ3v) is 4.93. The van der Waals surface area contributed by atoms with Gasteiger partial charge in [0.15, 0.2) is 0 Å². The monoisotopic (exact) mass is 342 g/mol. The largest absolute Gasteiger partial charge is 0.332 e. The van der Waals surface area contributed by atoms with E-state index in [-0.39, 0.29) is 29.6 Å². The summed E-state index contributed by atoms with van der Waals surface area (Å²) in [6.07, 6.45) is 6.20. The fourth-order valence-corrected chi connectivity index (χ4v) is 3.54. The molecule has 0 spiro atoms. The van der Waals surface area contributed by atoms with Crippen molar-refractivity contribution in [3.63, 3.8) is 0 Å². The van der Waals surface area contributed by atoms with Crippen molar-refractivity contribution in [3.8, 4) is 0 Å². The third kappa shape index (κ3) is 2.92. The van der Waals surface area contributed by atoms with E-state index in [9.17, 15) is 9.59 Å². The van der Waals surface area contributed by atoms with Crippen LogP contribution in [-0.4, -0.2) is 37.2 Å². The number of rotatable bonds is 4. The van der Waals surface area contributed by atoms with E-state index in [1.165, 1.54) is 18.9 Å². The van der Waals surface area contributed by atoms with Gasteiger partial charge in [0.25, 0.3) is 5.56 Å². The van der Waals surface area contributed by atoms with E-state index in [1.807, 2.05) is 17.3 Å². The van der Waals surface area contributed by atoms with Crippen LogP contribution in [0.1, 0.15) is 50.3 Å². The first-order valence-corrected chi connectivity index (χ1v) is 8.57. The van der Waals surface area contributed by atoms with Gasteiger partial charge < -0.3 is 14.8 Å². The summed E-state index contributed by atoms with van der Waals surface area (Å²) in [6, 6.07) is 3.37. The maximum Gasteiger partial charge on any atom is 0.318 e. The van der Waals surface area contributed by atoms with Crippen molar-refractivity contribution in [1.29, 1.82) is 0 Å². The highest BCUT2D eigenvalue weighted by atomic mass is 16.2. The quantitative estimate of drug-likeness (QED) is 0.882. The number of aromatic nitrogens is 4. The Balaban J connectivity index is 1.47. The zero-order valence-electron chi connectivity index (χ0n) is 14.4. The van der Waals surface area contributed by atoms with Crippen LogP contribution in [0.15, 0.2) is 29.3 Å². The van der Waals surface area contributed by atoms with Gasteiger partial charge in [-0.05, 0) is 18.9 Å². The minimum Gasteiger partial charge on any atom is -0.332 e. The number of hydrogen-bond donors (Lipinski definition) is 2. The number of amides is 2. The predicted octanol–water partition coefficient (Wildman–Crippen LogP) is 1.59. The van der Waals surface area contributed by atoms with Crippen molar-refractivity contribution in [2.75, 3.05) is 6.54 Å². The van der Waals surface area contributed by atoms with Gasteiger partial charge in [-0.15, -0.1) is 0 Å². The highest BCUT2D eigenvalue weighted by molar-refractivity contribution is 5.76.